The number of hydrogen-bond donors (Lipinski definition) is 3. The van der Waals surface area contributed by atoms with E-state index in [4.69, 9.17) is 10.9 Å². The van der Waals surface area contributed by atoms with E-state index in [-0.39, 0.29) is 17.3 Å². The minimum absolute atomic E-state index is 0.0489. The highest BCUT2D eigenvalue weighted by molar-refractivity contribution is 6.07. The molecule has 0 radical (unpaired) electrons. The molecule has 0 aliphatic heterocycles. The van der Waals surface area contributed by atoms with Crippen molar-refractivity contribution in [3.05, 3.63) is 0 Å². The molecular weight excluding hydrogens is 218 g/mol. The second-order valence-electron chi connectivity index (χ2n) is 5.87. The van der Waals surface area contributed by atoms with Crippen molar-refractivity contribution < 1.29 is 10.0 Å². The van der Waals surface area contributed by atoms with Gasteiger partial charge in [-0.25, -0.2) is 0 Å². The van der Waals surface area contributed by atoms with Gasteiger partial charge in [0.25, 0.3) is 0 Å². The van der Waals surface area contributed by atoms with Crippen molar-refractivity contribution in [2.75, 3.05) is 0 Å². The number of carbonyl (C=O) groups excluding carboxylic acids is 1. The molecule has 2 aliphatic carbocycles. The van der Waals surface area contributed by atoms with Crippen molar-refractivity contribution in [2.24, 2.45) is 22.2 Å². The fourth-order valence-electron chi connectivity index (χ4n) is 2.54. The molecule has 0 saturated heterocycles. The lowest BCUT2D eigenvalue weighted by Crippen LogP contribution is -2.58. The summed E-state index contributed by atoms with van der Waals surface area (Å²) in [6.45, 7) is 4.09. The van der Waals surface area contributed by atoms with E-state index in [1.54, 1.807) is 0 Å². The van der Waals surface area contributed by atoms with Gasteiger partial charge in [-0.15, -0.1) is 0 Å². The zero-order chi connectivity index (χ0) is 12.7. The summed E-state index contributed by atoms with van der Waals surface area (Å²) in [4.78, 5) is 12.3. The molecule has 5 nitrogen and oxygen atoms in total. The quantitative estimate of drug-likeness (QED) is 0.298. The zero-order valence-corrected chi connectivity index (χ0v) is 10.5. The minimum Gasteiger partial charge on any atom is -0.409 e. The monoisotopic (exact) mass is 239 g/mol. The van der Waals surface area contributed by atoms with Crippen molar-refractivity contribution in [3.63, 3.8) is 0 Å². The van der Waals surface area contributed by atoms with Crippen LogP contribution in [-0.4, -0.2) is 22.5 Å². The van der Waals surface area contributed by atoms with Crippen molar-refractivity contribution in [1.29, 1.82) is 0 Å². The Morgan fingerprint density at radius 3 is 2.41 bits per heavy atom. The number of carbonyl (C=O) groups is 1. The topological polar surface area (TPSA) is 87.7 Å². The molecule has 17 heavy (non-hydrogen) atoms. The number of nitrogens with one attached hydrogen (secondary N) is 1. The van der Waals surface area contributed by atoms with Gasteiger partial charge in [-0.1, -0.05) is 11.6 Å². The van der Waals surface area contributed by atoms with Gasteiger partial charge in [0.15, 0.2) is 5.84 Å². The molecule has 2 aliphatic rings. The minimum atomic E-state index is -0.763. The van der Waals surface area contributed by atoms with Gasteiger partial charge < -0.3 is 16.3 Å². The normalized spacial score (nSPS) is 24.0. The number of amidine groups is 1. The summed E-state index contributed by atoms with van der Waals surface area (Å²) in [6, 6.07) is 0. The van der Waals surface area contributed by atoms with Gasteiger partial charge in [0.05, 0.1) is 0 Å². The first-order chi connectivity index (χ1) is 7.92. The predicted octanol–water partition coefficient (Wildman–Crippen LogP) is 1.21. The lowest BCUT2D eigenvalue weighted by molar-refractivity contribution is -0.133. The van der Waals surface area contributed by atoms with Crippen molar-refractivity contribution >= 4 is 11.7 Å². The molecule has 0 aromatic rings. The van der Waals surface area contributed by atoms with Crippen LogP contribution in [0.5, 0.6) is 0 Å². The highest BCUT2D eigenvalue weighted by Gasteiger charge is 2.51. The van der Waals surface area contributed by atoms with Crippen molar-refractivity contribution in [1.82, 2.24) is 5.32 Å². The highest BCUT2D eigenvalue weighted by Crippen LogP contribution is 2.44. The second kappa shape index (κ2) is 3.89. The van der Waals surface area contributed by atoms with Gasteiger partial charge in [-0.2, -0.15) is 0 Å². The SMILES string of the molecule is CC(C)(NC(=O)C1(C(N)=NO)CCC1)C1CC1. The molecule has 2 rings (SSSR count). The van der Waals surface area contributed by atoms with Crippen LogP contribution in [0.15, 0.2) is 5.16 Å². The number of nitrogens with zero attached hydrogens (tertiary/aromatic N) is 1. The third-order valence-corrected chi connectivity index (χ3v) is 4.27. The van der Waals surface area contributed by atoms with Crippen LogP contribution in [0.25, 0.3) is 0 Å². The van der Waals surface area contributed by atoms with E-state index in [9.17, 15) is 4.79 Å². The molecule has 0 heterocycles. The third kappa shape index (κ3) is 1.98. The molecule has 0 unspecified atom stereocenters. The standard InChI is InChI=1S/C12H21N3O2/c1-11(2,8-4-5-8)14-10(16)12(6-3-7-12)9(13)15-17/h8,17H,3-7H2,1-2H3,(H2,13,15)(H,14,16). The van der Waals surface area contributed by atoms with E-state index in [0.29, 0.717) is 18.8 Å². The van der Waals surface area contributed by atoms with Gasteiger partial charge in [0.1, 0.15) is 5.41 Å². The maximum atomic E-state index is 12.3. The lowest BCUT2D eigenvalue weighted by atomic mass is 9.66. The molecule has 2 fully saturated rings. The van der Waals surface area contributed by atoms with Crippen LogP contribution in [0.2, 0.25) is 0 Å². The molecule has 0 atom stereocenters. The molecule has 96 valence electrons. The van der Waals surface area contributed by atoms with E-state index in [1.807, 2.05) is 13.8 Å². The Bertz CT molecular complexity index is 355. The van der Waals surface area contributed by atoms with Gasteiger partial charge in [-0.3, -0.25) is 4.79 Å². The molecule has 0 aromatic heterocycles. The maximum absolute atomic E-state index is 12.3. The van der Waals surface area contributed by atoms with Gasteiger partial charge in [-0.05, 0) is 45.4 Å². The fourth-order valence-corrected chi connectivity index (χ4v) is 2.54. The van der Waals surface area contributed by atoms with E-state index < -0.39 is 5.41 Å². The number of oxime groups is 1. The fraction of sp³-hybridized carbons (Fsp3) is 0.833. The Hall–Kier alpha value is -1.26. The predicted molar refractivity (Wildman–Crippen MR) is 64.6 cm³/mol. The smallest absolute Gasteiger partial charge is 0.234 e. The molecule has 4 N–H and O–H groups in total. The van der Waals surface area contributed by atoms with E-state index in [1.165, 1.54) is 12.8 Å². The van der Waals surface area contributed by atoms with E-state index in [2.05, 4.69) is 10.5 Å². The number of nitrogens with two attached hydrogens (primary N) is 1. The first-order valence-electron chi connectivity index (χ1n) is 6.23. The molecule has 2 saturated carbocycles. The number of amides is 1. The molecule has 1 amide bonds. The molecule has 0 bridgehead atoms. The largest absolute Gasteiger partial charge is 0.409 e. The molecule has 0 aromatic carbocycles. The Morgan fingerprint density at radius 2 is 2.06 bits per heavy atom. The van der Waals surface area contributed by atoms with Crippen LogP contribution in [0.3, 0.4) is 0 Å². The maximum Gasteiger partial charge on any atom is 0.234 e. The molecule has 0 spiro atoms. The first kappa shape index (κ1) is 12.2. The van der Waals surface area contributed by atoms with Crippen LogP contribution < -0.4 is 11.1 Å². The molecular formula is C12H21N3O2. The Balaban J connectivity index is 2.08. The summed E-state index contributed by atoms with van der Waals surface area (Å²) in [6.07, 6.45) is 4.64. The van der Waals surface area contributed by atoms with Crippen LogP contribution in [0.1, 0.15) is 46.0 Å². The number of hydrogen-bond acceptors (Lipinski definition) is 3. The average molecular weight is 239 g/mol. The van der Waals surface area contributed by atoms with Gasteiger partial charge in [0, 0.05) is 5.54 Å². The van der Waals surface area contributed by atoms with Gasteiger partial charge in [0.2, 0.25) is 5.91 Å². The Kier molecular flexibility index (Phi) is 2.79. The lowest BCUT2D eigenvalue weighted by Gasteiger charge is -2.41. The summed E-state index contributed by atoms with van der Waals surface area (Å²) in [7, 11) is 0. The average Bonchev–Trinajstić information content (AvgIpc) is 2.97. The Morgan fingerprint density at radius 1 is 1.47 bits per heavy atom. The third-order valence-electron chi connectivity index (χ3n) is 4.27. The highest BCUT2D eigenvalue weighted by atomic mass is 16.4. The van der Waals surface area contributed by atoms with Gasteiger partial charge >= 0.3 is 0 Å². The summed E-state index contributed by atoms with van der Waals surface area (Å²) in [5.74, 6) is 0.527. The summed E-state index contributed by atoms with van der Waals surface area (Å²) in [5.41, 5.74) is 4.72. The van der Waals surface area contributed by atoms with Crippen LogP contribution in [0, 0.1) is 11.3 Å². The van der Waals surface area contributed by atoms with E-state index >= 15 is 0 Å². The number of rotatable bonds is 4. The van der Waals surface area contributed by atoms with E-state index in [0.717, 1.165) is 6.42 Å². The Labute approximate surface area is 101 Å². The summed E-state index contributed by atoms with van der Waals surface area (Å²) >= 11 is 0. The van der Waals surface area contributed by atoms with Crippen molar-refractivity contribution in [3.8, 4) is 0 Å². The second-order valence-corrected chi connectivity index (χ2v) is 5.87. The summed E-state index contributed by atoms with van der Waals surface area (Å²) < 4.78 is 0. The first-order valence-corrected chi connectivity index (χ1v) is 6.23. The van der Waals surface area contributed by atoms with Crippen LogP contribution in [0.4, 0.5) is 0 Å². The zero-order valence-electron chi connectivity index (χ0n) is 10.5. The van der Waals surface area contributed by atoms with Crippen LogP contribution >= 0.6 is 0 Å². The summed E-state index contributed by atoms with van der Waals surface area (Å²) in [5, 5.41) is 14.9. The van der Waals surface area contributed by atoms with Crippen molar-refractivity contribution in [2.45, 2.75) is 51.5 Å². The van der Waals surface area contributed by atoms with Crippen LogP contribution in [-0.2, 0) is 4.79 Å². The molecule has 5 heteroatoms.